The van der Waals surface area contributed by atoms with Crippen LogP contribution < -0.4 is 10.6 Å². The Labute approximate surface area is 183 Å². The van der Waals surface area contributed by atoms with E-state index in [1.165, 1.54) is 6.07 Å². The maximum atomic E-state index is 13.3. The number of nitro groups is 1. The Hall–Kier alpha value is -2.63. The molecule has 0 radical (unpaired) electrons. The minimum Gasteiger partial charge on any atom is -0.464 e. The number of hydrogen-bond donors (Lipinski definition) is 3. The highest BCUT2D eigenvalue weighted by Gasteiger charge is 2.12. The first-order valence-corrected chi connectivity index (χ1v) is 10.7. The summed E-state index contributed by atoms with van der Waals surface area (Å²) in [5.41, 5.74) is 0.162. The highest BCUT2D eigenvalue weighted by molar-refractivity contribution is 7.98. The minimum atomic E-state index is -1.17. The van der Waals surface area contributed by atoms with Crippen molar-refractivity contribution in [3.05, 3.63) is 81.2 Å². The van der Waals surface area contributed by atoms with Gasteiger partial charge in [0.05, 0.1) is 23.3 Å². The van der Waals surface area contributed by atoms with Crippen LogP contribution in [0.4, 0.5) is 8.78 Å². The zero-order valence-corrected chi connectivity index (χ0v) is 18.1. The molecule has 31 heavy (non-hydrogen) atoms. The van der Waals surface area contributed by atoms with Gasteiger partial charge in [-0.25, -0.2) is 8.78 Å². The zero-order chi connectivity index (χ0) is 22.8. The first-order valence-electron chi connectivity index (χ1n) is 9.50. The SMILES string of the molecule is CN(C)Cc1ccc(CSCCN/C(=C/[N+](=O)[O-])NCC(O)c2ccc(F)c(F)c2)o1. The molecule has 1 heterocycles. The summed E-state index contributed by atoms with van der Waals surface area (Å²) in [5.74, 6) is 1.10. The molecule has 0 aliphatic heterocycles. The number of aliphatic hydroxyl groups is 1. The fraction of sp³-hybridized carbons (Fsp3) is 0.400. The Morgan fingerprint density at radius 1 is 1.26 bits per heavy atom. The van der Waals surface area contributed by atoms with E-state index in [1.807, 2.05) is 31.1 Å². The predicted octanol–water partition coefficient (Wildman–Crippen LogP) is 2.84. The summed E-state index contributed by atoms with van der Waals surface area (Å²) in [7, 11) is 3.92. The molecule has 0 aliphatic carbocycles. The molecule has 0 saturated carbocycles. The van der Waals surface area contributed by atoms with Gasteiger partial charge >= 0.3 is 0 Å². The molecule has 1 atom stereocenters. The van der Waals surface area contributed by atoms with Gasteiger partial charge in [0.15, 0.2) is 17.5 Å². The van der Waals surface area contributed by atoms with E-state index < -0.39 is 22.7 Å². The fourth-order valence-electron chi connectivity index (χ4n) is 2.63. The van der Waals surface area contributed by atoms with E-state index in [1.54, 1.807) is 11.8 Å². The lowest BCUT2D eigenvalue weighted by Crippen LogP contribution is -2.31. The summed E-state index contributed by atoms with van der Waals surface area (Å²) < 4.78 is 32.0. The van der Waals surface area contributed by atoms with E-state index in [9.17, 15) is 24.0 Å². The van der Waals surface area contributed by atoms with Gasteiger partial charge in [-0.3, -0.25) is 10.1 Å². The zero-order valence-electron chi connectivity index (χ0n) is 17.3. The van der Waals surface area contributed by atoms with Crippen LogP contribution in [0.25, 0.3) is 0 Å². The van der Waals surface area contributed by atoms with Gasteiger partial charge in [0.1, 0.15) is 11.5 Å². The van der Waals surface area contributed by atoms with Crippen molar-refractivity contribution >= 4 is 11.8 Å². The number of hydrogen-bond acceptors (Lipinski definition) is 8. The number of thioether (sulfide) groups is 1. The van der Waals surface area contributed by atoms with Gasteiger partial charge < -0.3 is 25.1 Å². The van der Waals surface area contributed by atoms with E-state index in [0.717, 1.165) is 36.4 Å². The van der Waals surface area contributed by atoms with Crippen LogP contribution in [0.15, 0.2) is 46.8 Å². The molecule has 0 spiro atoms. The molecular formula is C20H26F2N4O4S. The number of nitrogens with zero attached hydrogens (tertiary/aromatic N) is 2. The molecule has 0 saturated heterocycles. The Morgan fingerprint density at radius 3 is 2.68 bits per heavy atom. The Bertz CT molecular complexity index is 892. The standard InChI is InChI=1S/C20H26F2N4O4S/c1-25(2)11-15-4-5-16(30-15)13-31-8-7-23-20(12-26(28)29)24-10-19(27)14-3-6-17(21)18(22)9-14/h3-6,9,12,19,23-24,27H,7-8,10-11,13H2,1-2H3/b20-12-. The lowest BCUT2D eigenvalue weighted by Gasteiger charge is -2.15. The maximum Gasteiger partial charge on any atom is 0.274 e. The minimum absolute atomic E-state index is 0.110. The number of aliphatic hydroxyl groups excluding tert-OH is 1. The van der Waals surface area contributed by atoms with E-state index >= 15 is 0 Å². The molecule has 8 nitrogen and oxygen atoms in total. The predicted molar refractivity (Wildman–Crippen MR) is 115 cm³/mol. The summed E-state index contributed by atoms with van der Waals surface area (Å²) >= 11 is 1.60. The van der Waals surface area contributed by atoms with Gasteiger partial charge in [0.25, 0.3) is 6.20 Å². The summed E-state index contributed by atoms with van der Waals surface area (Å²) in [6.45, 7) is 1.04. The first kappa shape index (κ1) is 24.6. The monoisotopic (exact) mass is 456 g/mol. The Balaban J connectivity index is 1.76. The van der Waals surface area contributed by atoms with Gasteiger partial charge in [-0.2, -0.15) is 11.8 Å². The summed E-state index contributed by atoms with van der Waals surface area (Å²) in [6, 6.07) is 6.93. The van der Waals surface area contributed by atoms with Crippen LogP contribution in [0.3, 0.4) is 0 Å². The average molecular weight is 457 g/mol. The average Bonchev–Trinajstić information content (AvgIpc) is 3.13. The summed E-state index contributed by atoms with van der Waals surface area (Å²) in [4.78, 5) is 12.2. The second kappa shape index (κ2) is 12.3. The van der Waals surface area contributed by atoms with Crippen molar-refractivity contribution in [2.45, 2.75) is 18.4 Å². The molecule has 1 aromatic heterocycles. The molecule has 2 aromatic rings. The molecule has 0 amide bonds. The lowest BCUT2D eigenvalue weighted by atomic mass is 10.1. The van der Waals surface area contributed by atoms with Crippen LogP contribution in [-0.2, 0) is 12.3 Å². The van der Waals surface area contributed by atoms with Gasteiger partial charge in [0.2, 0.25) is 0 Å². The van der Waals surface area contributed by atoms with E-state index in [0.29, 0.717) is 18.1 Å². The Kier molecular flexibility index (Phi) is 9.76. The Morgan fingerprint density at radius 2 is 2.00 bits per heavy atom. The van der Waals surface area contributed by atoms with Crippen molar-refractivity contribution in [1.29, 1.82) is 0 Å². The number of rotatable bonds is 13. The van der Waals surface area contributed by atoms with Crippen molar-refractivity contribution < 1.29 is 23.2 Å². The van der Waals surface area contributed by atoms with Crippen LogP contribution >= 0.6 is 11.8 Å². The first-order chi connectivity index (χ1) is 14.7. The maximum absolute atomic E-state index is 13.3. The molecule has 1 aromatic carbocycles. The molecule has 2 rings (SSSR count). The highest BCUT2D eigenvalue weighted by Crippen LogP contribution is 2.17. The highest BCUT2D eigenvalue weighted by atomic mass is 32.2. The number of furan rings is 1. The van der Waals surface area contributed by atoms with Crippen molar-refractivity contribution in [3.63, 3.8) is 0 Å². The second-order valence-corrected chi connectivity index (χ2v) is 8.09. The van der Waals surface area contributed by atoms with E-state index in [4.69, 9.17) is 4.42 Å². The summed E-state index contributed by atoms with van der Waals surface area (Å²) in [5, 5.41) is 26.6. The number of nitrogens with one attached hydrogen (secondary N) is 2. The van der Waals surface area contributed by atoms with Crippen LogP contribution in [0.1, 0.15) is 23.2 Å². The van der Waals surface area contributed by atoms with Crippen molar-refractivity contribution in [3.8, 4) is 0 Å². The molecule has 0 aliphatic rings. The molecule has 170 valence electrons. The van der Waals surface area contributed by atoms with Gasteiger partial charge in [-0.1, -0.05) is 6.07 Å². The fourth-order valence-corrected chi connectivity index (χ4v) is 3.38. The van der Waals surface area contributed by atoms with Crippen LogP contribution in [0.2, 0.25) is 0 Å². The van der Waals surface area contributed by atoms with Crippen molar-refractivity contribution in [1.82, 2.24) is 15.5 Å². The lowest BCUT2D eigenvalue weighted by molar-refractivity contribution is -0.404. The van der Waals surface area contributed by atoms with Gasteiger partial charge in [-0.15, -0.1) is 0 Å². The number of benzene rings is 1. The number of halogens is 2. The largest absolute Gasteiger partial charge is 0.464 e. The normalized spacial score (nSPS) is 12.8. The van der Waals surface area contributed by atoms with Crippen LogP contribution in [0, 0.1) is 21.7 Å². The molecular weight excluding hydrogens is 430 g/mol. The third-order valence-electron chi connectivity index (χ3n) is 4.04. The molecule has 3 N–H and O–H groups in total. The quantitative estimate of drug-likeness (QED) is 0.240. The van der Waals surface area contributed by atoms with Crippen molar-refractivity contribution in [2.75, 3.05) is 32.9 Å². The van der Waals surface area contributed by atoms with Crippen LogP contribution in [-0.4, -0.2) is 47.9 Å². The van der Waals surface area contributed by atoms with Gasteiger partial charge in [-0.05, 0) is 43.9 Å². The molecule has 0 fully saturated rings. The van der Waals surface area contributed by atoms with Crippen LogP contribution in [0.5, 0.6) is 0 Å². The summed E-state index contributed by atoms with van der Waals surface area (Å²) in [6.07, 6.45) is -0.417. The van der Waals surface area contributed by atoms with E-state index in [2.05, 4.69) is 10.6 Å². The van der Waals surface area contributed by atoms with E-state index in [-0.39, 0.29) is 17.9 Å². The third kappa shape index (κ3) is 8.95. The molecule has 11 heteroatoms. The molecule has 1 unspecified atom stereocenters. The van der Waals surface area contributed by atoms with Crippen molar-refractivity contribution in [2.24, 2.45) is 0 Å². The molecule has 0 bridgehead atoms. The second-order valence-electron chi connectivity index (χ2n) is 6.98. The third-order valence-corrected chi connectivity index (χ3v) is 5.03. The topological polar surface area (TPSA) is 104 Å². The smallest absolute Gasteiger partial charge is 0.274 e. The van der Waals surface area contributed by atoms with Gasteiger partial charge in [0, 0.05) is 18.8 Å².